The van der Waals surface area contributed by atoms with Gasteiger partial charge in [-0.25, -0.2) is 0 Å². The number of carbonyl (C=O) groups is 2. The van der Waals surface area contributed by atoms with Crippen molar-refractivity contribution in [2.45, 2.75) is 74.1 Å². The van der Waals surface area contributed by atoms with Crippen LogP contribution in [0, 0.1) is 0 Å². The molecule has 0 radical (unpaired) electrons. The van der Waals surface area contributed by atoms with E-state index in [1.807, 2.05) is 60.9 Å². The molecule has 4 aromatic rings. The molecule has 0 bridgehead atoms. The summed E-state index contributed by atoms with van der Waals surface area (Å²) in [6.07, 6.45) is 10.7. The maximum Gasteiger partial charge on any atom is 0.0456 e. The fourth-order valence-electron chi connectivity index (χ4n) is 3.88. The van der Waals surface area contributed by atoms with E-state index in [-0.39, 0.29) is 34.0 Å². The number of H-pyrrole nitrogens is 2. The number of unbranched alkanes of at least 4 members (excludes halogenated alkanes) is 2. The molecule has 2 N–H and O–H groups in total. The maximum atomic E-state index is 10.3. The number of aromatic nitrogens is 2. The monoisotopic (exact) mass is 610 g/mol. The van der Waals surface area contributed by atoms with Crippen LogP contribution in [-0.2, 0) is 22.4 Å². The van der Waals surface area contributed by atoms with Gasteiger partial charge in [-0.2, -0.15) is 0 Å². The molecule has 0 atom stereocenters. The van der Waals surface area contributed by atoms with Gasteiger partial charge >= 0.3 is 69.5 Å². The second-order valence-electron chi connectivity index (χ2n) is 8.92. The van der Waals surface area contributed by atoms with Crippen molar-refractivity contribution in [3.8, 4) is 0 Å². The van der Waals surface area contributed by atoms with Crippen molar-refractivity contribution in [3.05, 3.63) is 72.1 Å². The number of fused-ring (bicyclic) bond motifs is 2. The van der Waals surface area contributed by atoms with Crippen molar-refractivity contribution in [1.82, 2.24) is 9.97 Å². The van der Waals surface area contributed by atoms with Crippen LogP contribution in [0.3, 0.4) is 0 Å². The van der Waals surface area contributed by atoms with Crippen molar-refractivity contribution in [1.29, 1.82) is 0 Å². The molecular formula is C30H38N2O4Sn. The molecule has 6 nitrogen and oxygen atoms in total. The molecule has 196 valence electrons. The average Bonchev–Trinajstić information content (AvgIpc) is 3.51. The molecule has 0 aliphatic heterocycles. The molecule has 0 aliphatic carbocycles. The van der Waals surface area contributed by atoms with Gasteiger partial charge in [-0.3, -0.25) is 0 Å². The van der Waals surface area contributed by atoms with Crippen molar-refractivity contribution in [2.75, 3.05) is 0 Å². The summed E-state index contributed by atoms with van der Waals surface area (Å²) in [7, 11) is 0. The third-order valence-electron chi connectivity index (χ3n) is 5.96. The molecule has 0 spiro atoms. The number of nitrogens with one attached hydrogen (secondary N) is 2. The summed E-state index contributed by atoms with van der Waals surface area (Å²) < 4.78 is 3.25. The predicted molar refractivity (Wildman–Crippen MR) is 148 cm³/mol. The number of carbonyl (C=O) groups excluding carboxylic acids is 2. The fourth-order valence-corrected chi connectivity index (χ4v) is 8.04. The van der Waals surface area contributed by atoms with Gasteiger partial charge in [0.25, 0.3) is 0 Å². The van der Waals surface area contributed by atoms with Gasteiger partial charge in [0, 0.05) is 46.1 Å². The minimum Gasteiger partial charge on any atom is -0.550 e. The van der Waals surface area contributed by atoms with E-state index in [9.17, 15) is 19.8 Å². The fraction of sp³-hybridized carbons (Fsp3) is 0.400. The number of carboxylic acid groups (broad SMARTS) is 2. The zero-order chi connectivity index (χ0) is 26.9. The molecule has 0 saturated carbocycles. The number of carboxylic acids is 2. The standard InChI is InChI=1S/2C11H11NO2.2C4H9.Sn/c2*13-11(14)6-5-8-7-12-10-4-2-1-3-9(8)10;2*1-3-4-2;/h2*1-4,7,12H,5-6H2,(H,13,14);2*1,3-4H2,2H3;/q;;;;+2/p-2. The van der Waals surface area contributed by atoms with E-state index >= 15 is 0 Å². The molecule has 0 saturated heterocycles. The number of hydrogen-bond acceptors (Lipinski definition) is 4. The smallest absolute Gasteiger partial charge is 0.0456 e. The Kier molecular flexibility index (Phi) is 14.6. The van der Waals surface area contributed by atoms with Crippen LogP contribution in [0.4, 0.5) is 0 Å². The zero-order valence-corrected chi connectivity index (χ0v) is 24.8. The van der Waals surface area contributed by atoms with Crippen LogP contribution in [0.2, 0.25) is 8.87 Å². The second kappa shape index (κ2) is 17.7. The Labute approximate surface area is 230 Å². The van der Waals surface area contributed by atoms with Crippen LogP contribution in [0.15, 0.2) is 60.9 Å². The van der Waals surface area contributed by atoms with E-state index in [0.29, 0.717) is 12.8 Å². The largest absolute Gasteiger partial charge is 0.550 e. The van der Waals surface area contributed by atoms with Crippen LogP contribution >= 0.6 is 0 Å². The van der Waals surface area contributed by atoms with Gasteiger partial charge in [0.15, 0.2) is 0 Å². The number of benzene rings is 2. The zero-order valence-electron chi connectivity index (χ0n) is 22.0. The second-order valence-corrected chi connectivity index (χ2v) is 13.2. The van der Waals surface area contributed by atoms with Gasteiger partial charge in [-0.15, -0.1) is 0 Å². The number of aliphatic carboxylic acids is 2. The van der Waals surface area contributed by atoms with Crippen molar-refractivity contribution < 1.29 is 19.8 Å². The molecule has 2 aromatic heterocycles. The Hall–Kier alpha value is -2.74. The van der Waals surface area contributed by atoms with Crippen LogP contribution < -0.4 is 10.2 Å². The Balaban J connectivity index is 0.000000201. The van der Waals surface area contributed by atoms with Gasteiger partial charge in [0.1, 0.15) is 0 Å². The molecule has 2 heterocycles. The van der Waals surface area contributed by atoms with Gasteiger partial charge in [0.2, 0.25) is 0 Å². The topological polar surface area (TPSA) is 112 Å². The van der Waals surface area contributed by atoms with Crippen molar-refractivity contribution >= 4 is 54.9 Å². The number of aromatic amines is 2. The Morgan fingerprint density at radius 2 is 1.11 bits per heavy atom. The minimum atomic E-state index is -1.00. The summed E-state index contributed by atoms with van der Waals surface area (Å²) >= 11 is 0.149. The quantitative estimate of drug-likeness (QED) is 0.177. The normalized spacial score (nSPS) is 10.2. The SMILES string of the molecule is CCC[CH2][Sn+2][CH2]CCC.O=C([O-])CCc1c[nH]c2ccccc12.O=C([O-])CCc1c[nH]c2ccccc12. The summed E-state index contributed by atoms with van der Waals surface area (Å²) in [6, 6.07) is 15.7. The van der Waals surface area contributed by atoms with E-state index in [1.54, 1.807) is 8.87 Å². The third-order valence-corrected chi connectivity index (χ3v) is 10.00. The average molecular weight is 609 g/mol. The number of rotatable bonds is 12. The van der Waals surface area contributed by atoms with Gasteiger partial charge in [-0.05, 0) is 48.9 Å². The van der Waals surface area contributed by atoms with Gasteiger partial charge in [0.05, 0.1) is 0 Å². The third kappa shape index (κ3) is 11.5. The van der Waals surface area contributed by atoms with Crippen LogP contribution in [-0.4, -0.2) is 43.0 Å². The Morgan fingerprint density at radius 3 is 1.49 bits per heavy atom. The Bertz CT molecular complexity index is 1120. The van der Waals surface area contributed by atoms with Crippen LogP contribution in [0.1, 0.15) is 63.5 Å². The molecule has 0 unspecified atom stereocenters. The molecule has 0 aliphatic rings. The van der Waals surface area contributed by atoms with E-state index in [4.69, 9.17) is 0 Å². The van der Waals surface area contributed by atoms with E-state index in [1.165, 1.54) is 25.7 Å². The number of aryl methyl sites for hydroxylation is 2. The molecule has 7 heteroatoms. The Morgan fingerprint density at radius 1 is 0.703 bits per heavy atom. The first-order valence-electron chi connectivity index (χ1n) is 13.2. The molecule has 2 aromatic carbocycles. The molecule has 0 fully saturated rings. The van der Waals surface area contributed by atoms with Gasteiger partial charge in [-0.1, -0.05) is 36.4 Å². The van der Waals surface area contributed by atoms with E-state index in [0.717, 1.165) is 32.9 Å². The van der Waals surface area contributed by atoms with Crippen molar-refractivity contribution in [3.63, 3.8) is 0 Å². The van der Waals surface area contributed by atoms with Crippen LogP contribution in [0.25, 0.3) is 21.8 Å². The minimum absolute atomic E-state index is 0.0713. The number of hydrogen-bond donors (Lipinski definition) is 2. The summed E-state index contributed by atoms with van der Waals surface area (Å²) in [5, 5.41) is 22.8. The van der Waals surface area contributed by atoms with E-state index in [2.05, 4.69) is 23.8 Å². The first kappa shape index (κ1) is 30.5. The summed E-state index contributed by atoms with van der Waals surface area (Å²) in [5.41, 5.74) is 4.15. The van der Waals surface area contributed by atoms with E-state index < -0.39 is 11.9 Å². The molecular weight excluding hydrogens is 571 g/mol. The first-order chi connectivity index (χ1) is 18.0. The maximum absolute atomic E-state index is 10.3. The van der Waals surface area contributed by atoms with Crippen LogP contribution in [0.5, 0.6) is 0 Å². The summed E-state index contributed by atoms with van der Waals surface area (Å²) in [6.45, 7) is 4.58. The molecule has 4 rings (SSSR count). The van der Waals surface area contributed by atoms with Gasteiger partial charge < -0.3 is 29.8 Å². The summed E-state index contributed by atoms with van der Waals surface area (Å²) in [4.78, 5) is 26.8. The summed E-state index contributed by atoms with van der Waals surface area (Å²) in [5.74, 6) is -2.01. The number of para-hydroxylation sites is 2. The molecule has 0 amide bonds. The first-order valence-corrected chi connectivity index (χ1v) is 17.2. The predicted octanol–water partition coefficient (Wildman–Crippen LogP) is 4.83. The van der Waals surface area contributed by atoms with Crippen molar-refractivity contribution in [2.24, 2.45) is 0 Å². The molecule has 37 heavy (non-hydrogen) atoms.